The topological polar surface area (TPSA) is 9.23 Å². The monoisotopic (exact) mass is 298 g/mol. The molecule has 3 aromatic carbocycles. The van der Waals surface area contributed by atoms with E-state index in [-0.39, 0.29) is 0 Å². The lowest BCUT2D eigenvalue weighted by atomic mass is 10.1. The zero-order chi connectivity index (χ0) is 15.7. The van der Waals surface area contributed by atoms with E-state index in [0.717, 1.165) is 16.7 Å². The van der Waals surface area contributed by atoms with Crippen LogP contribution in [0.4, 0.5) is 0 Å². The van der Waals surface area contributed by atoms with Gasteiger partial charge in [-0.15, -0.1) is 0 Å². The van der Waals surface area contributed by atoms with Crippen LogP contribution >= 0.6 is 0 Å². The lowest BCUT2D eigenvalue weighted by Gasteiger charge is -2.06. The van der Waals surface area contributed by atoms with Gasteiger partial charge in [0.05, 0.1) is 13.2 Å². The van der Waals surface area contributed by atoms with Crippen LogP contribution in [-0.4, -0.2) is 0 Å². The summed E-state index contributed by atoms with van der Waals surface area (Å²) >= 11 is 0. The van der Waals surface area contributed by atoms with Gasteiger partial charge >= 0.3 is 0 Å². The summed E-state index contributed by atoms with van der Waals surface area (Å²) in [7, 11) is 0. The Hall–Kier alpha value is -2.82. The van der Waals surface area contributed by atoms with Gasteiger partial charge < -0.3 is 4.74 Å². The first-order valence-corrected chi connectivity index (χ1v) is 7.68. The maximum atomic E-state index is 5.83. The molecule has 0 saturated heterocycles. The smallest absolute Gasteiger partial charge is 0.0733 e. The van der Waals surface area contributed by atoms with E-state index in [1.807, 2.05) is 66.7 Å². The third kappa shape index (κ3) is 4.57. The van der Waals surface area contributed by atoms with Gasteiger partial charge in [0.25, 0.3) is 0 Å². The van der Waals surface area contributed by atoms with Gasteiger partial charge in [0, 0.05) is 11.1 Å². The van der Waals surface area contributed by atoms with E-state index in [1.54, 1.807) is 0 Å². The lowest BCUT2D eigenvalue weighted by Crippen LogP contribution is -1.96. The lowest BCUT2D eigenvalue weighted by molar-refractivity contribution is 0.107. The summed E-state index contributed by atoms with van der Waals surface area (Å²) in [4.78, 5) is 0. The second-order valence-electron chi connectivity index (χ2n) is 5.25. The summed E-state index contributed by atoms with van der Waals surface area (Å²) in [5.41, 5.74) is 4.34. The molecule has 1 nitrogen and oxygen atoms in total. The van der Waals surface area contributed by atoms with Crippen LogP contribution in [0.15, 0.2) is 84.9 Å². The van der Waals surface area contributed by atoms with E-state index in [0.29, 0.717) is 13.2 Å². The Morgan fingerprint density at radius 3 is 2.04 bits per heavy atom. The highest BCUT2D eigenvalue weighted by Crippen LogP contribution is 2.11. The first-order chi connectivity index (χ1) is 11.4. The molecule has 112 valence electrons. The average molecular weight is 298 g/mol. The van der Waals surface area contributed by atoms with Gasteiger partial charge in [-0.3, -0.25) is 0 Å². The molecule has 0 amide bonds. The minimum atomic E-state index is 0.564. The van der Waals surface area contributed by atoms with Crippen molar-refractivity contribution in [3.05, 3.63) is 107 Å². The third-order valence-electron chi connectivity index (χ3n) is 3.50. The fourth-order valence-electron chi connectivity index (χ4n) is 2.28. The van der Waals surface area contributed by atoms with Gasteiger partial charge in [-0.1, -0.05) is 78.6 Å². The van der Waals surface area contributed by atoms with Crippen molar-refractivity contribution in [3.8, 4) is 11.8 Å². The molecule has 0 N–H and O–H groups in total. The van der Waals surface area contributed by atoms with Crippen molar-refractivity contribution in [1.82, 2.24) is 0 Å². The van der Waals surface area contributed by atoms with Crippen LogP contribution in [0.1, 0.15) is 22.3 Å². The van der Waals surface area contributed by atoms with Crippen LogP contribution in [0.25, 0.3) is 0 Å². The van der Waals surface area contributed by atoms with Crippen molar-refractivity contribution in [2.45, 2.75) is 13.2 Å². The van der Waals surface area contributed by atoms with Crippen molar-refractivity contribution in [2.24, 2.45) is 0 Å². The molecule has 3 aromatic rings. The predicted molar refractivity (Wildman–Crippen MR) is 93.8 cm³/mol. The van der Waals surface area contributed by atoms with Gasteiger partial charge in [-0.25, -0.2) is 0 Å². The number of benzene rings is 3. The van der Waals surface area contributed by atoms with Crippen LogP contribution in [0.3, 0.4) is 0 Å². The van der Waals surface area contributed by atoms with Crippen molar-refractivity contribution >= 4 is 0 Å². The number of rotatable bonds is 4. The molecule has 0 aromatic heterocycles. The Balaban J connectivity index is 1.68. The van der Waals surface area contributed by atoms with Crippen molar-refractivity contribution in [3.63, 3.8) is 0 Å². The normalized spacial score (nSPS) is 9.91. The van der Waals surface area contributed by atoms with Gasteiger partial charge in [-0.05, 0) is 29.3 Å². The SMILES string of the molecule is C(#Cc1ccccc1COCc1ccccc1)c1ccccc1. The average Bonchev–Trinajstić information content (AvgIpc) is 2.63. The molecule has 0 fully saturated rings. The summed E-state index contributed by atoms with van der Waals surface area (Å²) in [6.45, 7) is 1.18. The van der Waals surface area contributed by atoms with E-state index < -0.39 is 0 Å². The van der Waals surface area contributed by atoms with Gasteiger partial charge in [0.2, 0.25) is 0 Å². The van der Waals surface area contributed by atoms with Crippen molar-refractivity contribution in [1.29, 1.82) is 0 Å². The minimum absolute atomic E-state index is 0.564. The summed E-state index contributed by atoms with van der Waals surface area (Å²) in [6, 6.07) is 28.4. The number of hydrogen-bond acceptors (Lipinski definition) is 1. The highest BCUT2D eigenvalue weighted by molar-refractivity contribution is 5.46. The molecule has 0 aliphatic heterocycles. The van der Waals surface area contributed by atoms with E-state index in [4.69, 9.17) is 4.74 Å². The molecular formula is C22H18O. The molecule has 0 atom stereocenters. The van der Waals surface area contributed by atoms with E-state index >= 15 is 0 Å². The van der Waals surface area contributed by atoms with Crippen LogP contribution in [0.2, 0.25) is 0 Å². The van der Waals surface area contributed by atoms with Crippen LogP contribution in [-0.2, 0) is 18.0 Å². The Bertz CT molecular complexity index is 795. The maximum Gasteiger partial charge on any atom is 0.0733 e. The van der Waals surface area contributed by atoms with E-state index in [2.05, 4.69) is 30.0 Å². The van der Waals surface area contributed by atoms with Gasteiger partial charge in [0.1, 0.15) is 0 Å². The molecule has 0 aliphatic rings. The Labute approximate surface area is 137 Å². The molecule has 0 heterocycles. The second-order valence-corrected chi connectivity index (χ2v) is 5.25. The van der Waals surface area contributed by atoms with Gasteiger partial charge in [0.15, 0.2) is 0 Å². The largest absolute Gasteiger partial charge is 0.372 e. The number of ether oxygens (including phenoxy) is 1. The zero-order valence-electron chi connectivity index (χ0n) is 12.9. The van der Waals surface area contributed by atoms with E-state index in [9.17, 15) is 0 Å². The molecule has 23 heavy (non-hydrogen) atoms. The molecule has 0 bridgehead atoms. The molecule has 0 saturated carbocycles. The summed E-state index contributed by atoms with van der Waals surface area (Å²) < 4.78 is 5.83. The van der Waals surface area contributed by atoms with Crippen LogP contribution < -0.4 is 0 Å². The fraction of sp³-hybridized carbons (Fsp3) is 0.0909. The van der Waals surface area contributed by atoms with Crippen LogP contribution in [0, 0.1) is 11.8 Å². The molecule has 1 heteroatoms. The molecule has 0 radical (unpaired) electrons. The number of hydrogen-bond donors (Lipinski definition) is 0. The third-order valence-corrected chi connectivity index (χ3v) is 3.50. The summed E-state index contributed by atoms with van der Waals surface area (Å²) in [6.07, 6.45) is 0. The van der Waals surface area contributed by atoms with Crippen molar-refractivity contribution < 1.29 is 4.74 Å². The first kappa shape index (κ1) is 15.1. The van der Waals surface area contributed by atoms with E-state index in [1.165, 1.54) is 5.56 Å². The molecule has 0 unspecified atom stereocenters. The van der Waals surface area contributed by atoms with Crippen molar-refractivity contribution in [2.75, 3.05) is 0 Å². The second kappa shape index (κ2) is 7.98. The maximum absolute atomic E-state index is 5.83. The minimum Gasteiger partial charge on any atom is -0.372 e. The first-order valence-electron chi connectivity index (χ1n) is 7.68. The van der Waals surface area contributed by atoms with Crippen LogP contribution in [0.5, 0.6) is 0 Å². The Kier molecular flexibility index (Phi) is 5.24. The molecule has 0 spiro atoms. The Morgan fingerprint density at radius 1 is 0.609 bits per heavy atom. The molecule has 0 aliphatic carbocycles. The summed E-state index contributed by atoms with van der Waals surface area (Å²) in [5, 5.41) is 0. The Morgan fingerprint density at radius 2 is 1.26 bits per heavy atom. The predicted octanol–water partition coefficient (Wildman–Crippen LogP) is 4.80. The summed E-state index contributed by atoms with van der Waals surface area (Å²) in [5.74, 6) is 6.45. The fourth-order valence-corrected chi connectivity index (χ4v) is 2.28. The highest BCUT2D eigenvalue weighted by atomic mass is 16.5. The zero-order valence-corrected chi connectivity index (χ0v) is 12.9. The molecule has 3 rings (SSSR count). The highest BCUT2D eigenvalue weighted by Gasteiger charge is 2.00. The molecular weight excluding hydrogens is 280 g/mol. The van der Waals surface area contributed by atoms with Gasteiger partial charge in [-0.2, -0.15) is 0 Å². The standard InChI is InChI=1S/C22H18O/c1-3-9-19(10-4-1)15-16-21-13-7-8-14-22(21)18-23-17-20-11-5-2-6-12-20/h1-14H,17-18H2. The quantitative estimate of drug-likeness (QED) is 0.628.